The maximum Gasteiger partial charge on any atom is 0.0406 e. The fraction of sp³-hybridized carbons (Fsp3) is 0.538. The summed E-state index contributed by atoms with van der Waals surface area (Å²) in [5, 5.41) is 0.797. The summed E-state index contributed by atoms with van der Waals surface area (Å²) >= 11 is 7.80. The normalized spacial score (nSPS) is 28.8. The minimum atomic E-state index is 0.286. The highest BCUT2D eigenvalue weighted by Gasteiger charge is 2.42. The molecule has 1 saturated carbocycles. The van der Waals surface area contributed by atoms with Gasteiger partial charge >= 0.3 is 0 Å². The van der Waals surface area contributed by atoms with Gasteiger partial charge in [0.1, 0.15) is 0 Å². The average Bonchev–Trinajstić information content (AvgIpc) is 2.26. The Labute approximate surface area is 107 Å². The number of thioether (sulfide) groups is 1. The van der Waals surface area contributed by atoms with E-state index in [-0.39, 0.29) is 4.75 Å². The quantitative estimate of drug-likeness (QED) is 0.882. The molecule has 3 heteroatoms. The van der Waals surface area contributed by atoms with Gasteiger partial charge in [0.05, 0.1) is 0 Å². The molecular weight excluding hydrogens is 238 g/mol. The second-order valence-corrected chi connectivity index (χ2v) is 6.60. The van der Waals surface area contributed by atoms with Crippen LogP contribution in [-0.4, -0.2) is 11.3 Å². The van der Waals surface area contributed by atoms with E-state index in [2.05, 4.69) is 19.1 Å². The largest absolute Gasteiger partial charge is 0.329 e. The Morgan fingerprint density at radius 2 is 2.00 bits per heavy atom. The zero-order chi connectivity index (χ0) is 11.6. The number of hydrogen-bond acceptors (Lipinski definition) is 2. The minimum Gasteiger partial charge on any atom is -0.329 e. The lowest BCUT2D eigenvalue weighted by Gasteiger charge is -2.46. The van der Waals surface area contributed by atoms with E-state index in [9.17, 15) is 0 Å². The van der Waals surface area contributed by atoms with E-state index in [1.807, 2.05) is 23.9 Å². The van der Waals surface area contributed by atoms with E-state index in [4.69, 9.17) is 17.3 Å². The van der Waals surface area contributed by atoms with Crippen molar-refractivity contribution in [1.82, 2.24) is 0 Å². The molecule has 0 amide bonds. The second-order valence-electron chi connectivity index (χ2n) is 4.63. The molecule has 0 unspecified atom stereocenters. The van der Waals surface area contributed by atoms with Gasteiger partial charge in [-0.25, -0.2) is 0 Å². The Morgan fingerprint density at radius 3 is 2.50 bits per heavy atom. The van der Waals surface area contributed by atoms with Gasteiger partial charge in [0.2, 0.25) is 0 Å². The van der Waals surface area contributed by atoms with Gasteiger partial charge in [-0.05, 0) is 43.0 Å². The lowest BCUT2D eigenvalue weighted by Crippen LogP contribution is -2.46. The number of rotatable bonds is 4. The van der Waals surface area contributed by atoms with E-state index in [0.29, 0.717) is 0 Å². The van der Waals surface area contributed by atoms with Gasteiger partial charge in [-0.3, -0.25) is 0 Å². The summed E-state index contributed by atoms with van der Waals surface area (Å²) in [4.78, 5) is 1.28. The Kier molecular flexibility index (Phi) is 3.83. The first-order chi connectivity index (χ1) is 7.67. The van der Waals surface area contributed by atoms with Crippen LogP contribution in [0.1, 0.15) is 26.2 Å². The molecule has 1 aliphatic rings. The van der Waals surface area contributed by atoms with Gasteiger partial charge in [0.25, 0.3) is 0 Å². The molecule has 0 radical (unpaired) electrons. The molecule has 1 fully saturated rings. The average molecular weight is 256 g/mol. The third-order valence-corrected chi connectivity index (χ3v) is 5.11. The number of nitrogens with two attached hydrogens (primary N) is 1. The standard InChI is InChI=1S/C13H18ClNS/c1-2-10-7-13(8-10,9-15)16-12-5-3-11(14)4-6-12/h3-6,10H,2,7-9,15H2,1H3. The van der Waals surface area contributed by atoms with Crippen molar-refractivity contribution >= 4 is 23.4 Å². The maximum atomic E-state index is 5.92. The molecule has 2 rings (SSSR count). The number of halogens is 1. The van der Waals surface area contributed by atoms with Gasteiger partial charge in [-0.1, -0.05) is 24.9 Å². The van der Waals surface area contributed by atoms with Crippen molar-refractivity contribution in [2.75, 3.05) is 6.54 Å². The Hall–Kier alpha value is -0.180. The molecule has 0 aliphatic heterocycles. The lowest BCUT2D eigenvalue weighted by atomic mass is 9.73. The van der Waals surface area contributed by atoms with Crippen LogP contribution in [0, 0.1) is 5.92 Å². The van der Waals surface area contributed by atoms with E-state index in [1.165, 1.54) is 24.2 Å². The fourth-order valence-corrected chi connectivity index (χ4v) is 3.94. The van der Waals surface area contributed by atoms with Gasteiger partial charge in [-0.2, -0.15) is 0 Å². The first-order valence-electron chi connectivity index (χ1n) is 5.82. The van der Waals surface area contributed by atoms with Crippen LogP contribution in [0.5, 0.6) is 0 Å². The highest BCUT2D eigenvalue weighted by atomic mass is 35.5. The molecule has 0 bridgehead atoms. The Bertz CT molecular complexity index is 343. The topological polar surface area (TPSA) is 26.0 Å². The van der Waals surface area contributed by atoms with Crippen LogP contribution in [0.2, 0.25) is 5.02 Å². The molecule has 1 aromatic rings. The maximum absolute atomic E-state index is 5.92. The van der Waals surface area contributed by atoms with E-state index in [1.54, 1.807) is 0 Å². The van der Waals surface area contributed by atoms with Crippen LogP contribution in [-0.2, 0) is 0 Å². The highest BCUT2D eigenvalue weighted by Crippen LogP contribution is 2.51. The van der Waals surface area contributed by atoms with E-state index in [0.717, 1.165) is 17.5 Å². The van der Waals surface area contributed by atoms with Crippen molar-refractivity contribution < 1.29 is 0 Å². The number of benzene rings is 1. The molecule has 0 saturated heterocycles. The van der Waals surface area contributed by atoms with Crippen molar-refractivity contribution in [3.63, 3.8) is 0 Å². The molecule has 1 aromatic carbocycles. The molecule has 1 nitrogen and oxygen atoms in total. The monoisotopic (exact) mass is 255 g/mol. The zero-order valence-electron chi connectivity index (χ0n) is 9.58. The fourth-order valence-electron chi connectivity index (χ4n) is 2.33. The van der Waals surface area contributed by atoms with Crippen LogP contribution in [0.4, 0.5) is 0 Å². The van der Waals surface area contributed by atoms with Gasteiger partial charge < -0.3 is 5.73 Å². The first kappa shape index (κ1) is 12.3. The van der Waals surface area contributed by atoms with Gasteiger partial charge in [0.15, 0.2) is 0 Å². The third kappa shape index (κ3) is 2.55. The summed E-state index contributed by atoms with van der Waals surface area (Å²) < 4.78 is 0.286. The third-order valence-electron chi connectivity index (χ3n) is 3.42. The molecule has 0 aromatic heterocycles. The predicted molar refractivity (Wildman–Crippen MR) is 72.1 cm³/mol. The summed E-state index contributed by atoms with van der Waals surface area (Å²) in [6, 6.07) is 8.07. The molecule has 16 heavy (non-hydrogen) atoms. The molecule has 2 N–H and O–H groups in total. The van der Waals surface area contributed by atoms with Crippen LogP contribution < -0.4 is 5.73 Å². The number of hydrogen-bond donors (Lipinski definition) is 1. The molecule has 0 heterocycles. The first-order valence-corrected chi connectivity index (χ1v) is 7.01. The predicted octanol–water partition coefficient (Wildman–Crippen LogP) is 3.95. The van der Waals surface area contributed by atoms with Crippen molar-refractivity contribution in [2.45, 2.75) is 35.8 Å². The van der Waals surface area contributed by atoms with Crippen LogP contribution in [0.25, 0.3) is 0 Å². The Morgan fingerprint density at radius 1 is 1.38 bits per heavy atom. The summed E-state index contributed by atoms with van der Waals surface area (Å²) in [5.74, 6) is 0.878. The highest BCUT2D eigenvalue weighted by molar-refractivity contribution is 8.00. The molecule has 0 atom stereocenters. The van der Waals surface area contributed by atoms with Crippen LogP contribution in [0.3, 0.4) is 0 Å². The van der Waals surface area contributed by atoms with Crippen molar-refractivity contribution in [2.24, 2.45) is 11.7 Å². The summed E-state index contributed by atoms with van der Waals surface area (Å²) in [6.45, 7) is 3.04. The molecule has 0 spiro atoms. The Balaban J connectivity index is 2.00. The minimum absolute atomic E-state index is 0.286. The van der Waals surface area contributed by atoms with Crippen molar-refractivity contribution in [1.29, 1.82) is 0 Å². The lowest BCUT2D eigenvalue weighted by molar-refractivity contribution is 0.229. The molecule has 88 valence electrons. The summed E-state index contributed by atoms with van der Waals surface area (Å²) in [5.41, 5.74) is 5.92. The van der Waals surface area contributed by atoms with Crippen LogP contribution in [0.15, 0.2) is 29.2 Å². The van der Waals surface area contributed by atoms with Gasteiger partial charge in [0, 0.05) is 21.2 Å². The summed E-state index contributed by atoms with van der Waals surface area (Å²) in [7, 11) is 0. The van der Waals surface area contributed by atoms with Crippen molar-refractivity contribution in [3.05, 3.63) is 29.3 Å². The van der Waals surface area contributed by atoms with Crippen molar-refractivity contribution in [3.8, 4) is 0 Å². The van der Waals surface area contributed by atoms with E-state index < -0.39 is 0 Å². The second kappa shape index (κ2) is 4.99. The molecule has 1 aliphatic carbocycles. The smallest absolute Gasteiger partial charge is 0.0406 e. The summed E-state index contributed by atoms with van der Waals surface area (Å²) in [6.07, 6.45) is 3.80. The molecular formula is C13H18ClNS. The SMILES string of the molecule is CCC1CC(CN)(Sc2ccc(Cl)cc2)C1. The van der Waals surface area contributed by atoms with Gasteiger partial charge in [-0.15, -0.1) is 11.8 Å². The zero-order valence-corrected chi connectivity index (χ0v) is 11.2. The van der Waals surface area contributed by atoms with E-state index >= 15 is 0 Å². The van der Waals surface area contributed by atoms with Crippen LogP contribution >= 0.6 is 23.4 Å².